The molecule has 0 radical (unpaired) electrons. The van der Waals surface area contributed by atoms with E-state index in [-0.39, 0.29) is 6.10 Å². The van der Waals surface area contributed by atoms with E-state index in [0.717, 1.165) is 6.42 Å². The highest BCUT2D eigenvalue weighted by Crippen LogP contribution is 2.21. The molecule has 0 fully saturated rings. The zero-order valence-electron chi connectivity index (χ0n) is 10.5. The molecule has 0 aromatic carbocycles. The Hall–Kier alpha value is -1.95. The molecule has 2 N–H and O–H groups in total. The molecule has 2 heterocycles. The largest absolute Gasteiger partial charge is 0.397 e. The van der Waals surface area contributed by atoms with Crippen LogP contribution in [0.25, 0.3) is 11.6 Å². The van der Waals surface area contributed by atoms with Crippen LogP contribution in [-0.2, 0) is 4.74 Å². The molecular formula is C12H16N4O2. The standard InChI is InChI=1S/C12H16N4O2/c1-3-10(17-4-2)11-15-12(18-16-11)9-6-5-8(13)7-14-9/h5-7,10H,3-4,13H2,1-2H3. The Labute approximate surface area is 105 Å². The minimum Gasteiger partial charge on any atom is -0.397 e. The molecule has 0 saturated carbocycles. The second-order valence-corrected chi connectivity index (χ2v) is 3.79. The highest BCUT2D eigenvalue weighted by molar-refractivity contribution is 5.50. The second-order valence-electron chi connectivity index (χ2n) is 3.79. The summed E-state index contributed by atoms with van der Waals surface area (Å²) in [5.74, 6) is 0.927. The van der Waals surface area contributed by atoms with Crippen LogP contribution in [0.5, 0.6) is 0 Å². The van der Waals surface area contributed by atoms with Crippen LogP contribution in [0.1, 0.15) is 32.2 Å². The molecule has 0 bridgehead atoms. The second kappa shape index (κ2) is 5.59. The van der Waals surface area contributed by atoms with E-state index in [9.17, 15) is 0 Å². The van der Waals surface area contributed by atoms with E-state index in [1.807, 2.05) is 13.8 Å². The zero-order chi connectivity index (χ0) is 13.0. The van der Waals surface area contributed by atoms with Gasteiger partial charge < -0.3 is 15.0 Å². The fraction of sp³-hybridized carbons (Fsp3) is 0.417. The monoisotopic (exact) mass is 248 g/mol. The van der Waals surface area contributed by atoms with Gasteiger partial charge in [0, 0.05) is 6.61 Å². The lowest BCUT2D eigenvalue weighted by Gasteiger charge is -2.09. The molecule has 0 saturated heterocycles. The smallest absolute Gasteiger partial charge is 0.276 e. The summed E-state index contributed by atoms with van der Waals surface area (Å²) >= 11 is 0. The van der Waals surface area contributed by atoms with Crippen LogP contribution in [0, 0.1) is 0 Å². The van der Waals surface area contributed by atoms with Gasteiger partial charge in [-0.15, -0.1) is 0 Å². The van der Waals surface area contributed by atoms with Gasteiger partial charge in [-0.1, -0.05) is 12.1 Å². The molecule has 1 atom stereocenters. The number of pyridine rings is 1. The summed E-state index contributed by atoms with van der Waals surface area (Å²) in [6, 6.07) is 3.49. The third kappa shape index (κ3) is 2.65. The van der Waals surface area contributed by atoms with Gasteiger partial charge in [0.2, 0.25) is 5.82 Å². The predicted octanol–water partition coefficient (Wildman–Crippen LogP) is 2.20. The van der Waals surface area contributed by atoms with Gasteiger partial charge in [-0.3, -0.25) is 0 Å². The Bertz CT molecular complexity index is 495. The summed E-state index contributed by atoms with van der Waals surface area (Å²) in [6.07, 6.45) is 2.21. The van der Waals surface area contributed by atoms with Gasteiger partial charge in [0.05, 0.1) is 11.9 Å². The minimum absolute atomic E-state index is 0.138. The van der Waals surface area contributed by atoms with Crippen molar-refractivity contribution in [2.45, 2.75) is 26.4 Å². The molecule has 2 aromatic heterocycles. The van der Waals surface area contributed by atoms with Crippen molar-refractivity contribution in [1.82, 2.24) is 15.1 Å². The first-order valence-electron chi connectivity index (χ1n) is 5.91. The number of ether oxygens (including phenoxy) is 1. The van der Waals surface area contributed by atoms with E-state index < -0.39 is 0 Å². The number of hydrogen-bond donors (Lipinski definition) is 1. The summed E-state index contributed by atoms with van der Waals surface area (Å²) in [5.41, 5.74) is 6.77. The molecule has 0 aliphatic heterocycles. The normalized spacial score (nSPS) is 12.6. The highest BCUT2D eigenvalue weighted by Gasteiger charge is 2.17. The maximum atomic E-state index is 5.57. The Morgan fingerprint density at radius 2 is 2.22 bits per heavy atom. The van der Waals surface area contributed by atoms with Crippen LogP contribution in [0.15, 0.2) is 22.9 Å². The lowest BCUT2D eigenvalue weighted by molar-refractivity contribution is 0.0518. The molecule has 0 amide bonds. The molecule has 0 aliphatic carbocycles. The minimum atomic E-state index is -0.138. The SMILES string of the molecule is CCOC(CC)c1noc(-c2ccc(N)cn2)n1. The van der Waals surface area contributed by atoms with Gasteiger partial charge in [-0.2, -0.15) is 4.98 Å². The Morgan fingerprint density at radius 3 is 2.83 bits per heavy atom. The fourth-order valence-corrected chi connectivity index (χ4v) is 1.58. The van der Waals surface area contributed by atoms with Gasteiger partial charge in [0.1, 0.15) is 11.8 Å². The molecular weight excluding hydrogens is 232 g/mol. The Balaban J connectivity index is 2.21. The first-order chi connectivity index (χ1) is 8.74. The maximum absolute atomic E-state index is 5.57. The zero-order valence-corrected chi connectivity index (χ0v) is 10.5. The van der Waals surface area contributed by atoms with Crippen molar-refractivity contribution in [1.29, 1.82) is 0 Å². The van der Waals surface area contributed by atoms with Crippen molar-refractivity contribution in [2.24, 2.45) is 0 Å². The van der Waals surface area contributed by atoms with Gasteiger partial charge in [-0.05, 0) is 25.5 Å². The first kappa shape index (κ1) is 12.5. The van der Waals surface area contributed by atoms with Crippen molar-refractivity contribution in [3.8, 4) is 11.6 Å². The summed E-state index contributed by atoms with van der Waals surface area (Å²) in [7, 11) is 0. The molecule has 18 heavy (non-hydrogen) atoms. The van der Waals surface area contributed by atoms with Gasteiger partial charge in [-0.25, -0.2) is 4.98 Å². The van der Waals surface area contributed by atoms with Crippen molar-refractivity contribution in [2.75, 3.05) is 12.3 Å². The van der Waals surface area contributed by atoms with E-state index in [1.54, 1.807) is 18.3 Å². The van der Waals surface area contributed by atoms with E-state index in [2.05, 4.69) is 15.1 Å². The van der Waals surface area contributed by atoms with Crippen LogP contribution in [0.4, 0.5) is 5.69 Å². The molecule has 2 rings (SSSR count). The average Bonchev–Trinajstić information content (AvgIpc) is 2.86. The number of nitrogen functional groups attached to an aromatic ring is 1. The molecule has 2 aromatic rings. The number of hydrogen-bond acceptors (Lipinski definition) is 6. The molecule has 1 unspecified atom stereocenters. The summed E-state index contributed by atoms with van der Waals surface area (Å²) in [5, 5.41) is 3.92. The van der Waals surface area contributed by atoms with Crippen molar-refractivity contribution < 1.29 is 9.26 Å². The molecule has 0 aliphatic rings. The molecule has 6 heteroatoms. The molecule has 96 valence electrons. The van der Waals surface area contributed by atoms with Crippen LogP contribution < -0.4 is 5.73 Å². The van der Waals surface area contributed by atoms with E-state index >= 15 is 0 Å². The lowest BCUT2D eigenvalue weighted by atomic mass is 10.2. The van der Waals surface area contributed by atoms with Crippen LogP contribution in [0.2, 0.25) is 0 Å². The van der Waals surface area contributed by atoms with Gasteiger partial charge in [0.25, 0.3) is 5.89 Å². The number of aromatic nitrogens is 3. The Morgan fingerprint density at radius 1 is 1.39 bits per heavy atom. The van der Waals surface area contributed by atoms with Crippen molar-refractivity contribution >= 4 is 5.69 Å². The van der Waals surface area contributed by atoms with Crippen LogP contribution >= 0.6 is 0 Å². The third-order valence-corrected chi connectivity index (χ3v) is 2.47. The molecule has 6 nitrogen and oxygen atoms in total. The summed E-state index contributed by atoms with van der Waals surface area (Å²) < 4.78 is 10.7. The summed E-state index contributed by atoms with van der Waals surface area (Å²) in [4.78, 5) is 8.42. The first-order valence-corrected chi connectivity index (χ1v) is 5.91. The number of rotatable bonds is 5. The molecule has 0 spiro atoms. The maximum Gasteiger partial charge on any atom is 0.276 e. The van der Waals surface area contributed by atoms with Gasteiger partial charge in [0.15, 0.2) is 0 Å². The van der Waals surface area contributed by atoms with Crippen LogP contribution in [0.3, 0.4) is 0 Å². The Kier molecular flexibility index (Phi) is 3.88. The van der Waals surface area contributed by atoms with E-state index in [4.69, 9.17) is 15.0 Å². The van der Waals surface area contributed by atoms with Crippen LogP contribution in [-0.4, -0.2) is 21.7 Å². The summed E-state index contributed by atoms with van der Waals surface area (Å²) in [6.45, 7) is 4.56. The number of anilines is 1. The number of nitrogens with two attached hydrogens (primary N) is 1. The lowest BCUT2D eigenvalue weighted by Crippen LogP contribution is -2.04. The number of nitrogens with zero attached hydrogens (tertiary/aromatic N) is 3. The highest BCUT2D eigenvalue weighted by atomic mass is 16.5. The quantitative estimate of drug-likeness (QED) is 0.872. The third-order valence-electron chi connectivity index (χ3n) is 2.47. The van der Waals surface area contributed by atoms with Crippen molar-refractivity contribution in [3.05, 3.63) is 24.2 Å². The predicted molar refractivity (Wildman–Crippen MR) is 66.6 cm³/mol. The van der Waals surface area contributed by atoms with E-state index in [0.29, 0.717) is 29.7 Å². The topological polar surface area (TPSA) is 87.1 Å². The van der Waals surface area contributed by atoms with Crippen molar-refractivity contribution in [3.63, 3.8) is 0 Å². The van der Waals surface area contributed by atoms with E-state index in [1.165, 1.54) is 0 Å². The fourth-order valence-electron chi connectivity index (χ4n) is 1.58. The average molecular weight is 248 g/mol. The van der Waals surface area contributed by atoms with Gasteiger partial charge >= 0.3 is 0 Å².